The number of aromatic nitrogens is 5. The minimum Gasteiger partial charge on any atom is -0.465 e. The maximum absolute atomic E-state index is 13.7. The number of benzene rings is 3. The molecule has 0 saturated carbocycles. The van der Waals surface area contributed by atoms with Crippen LogP contribution in [-0.4, -0.2) is 73.2 Å². The van der Waals surface area contributed by atoms with E-state index < -0.39 is 18.2 Å². The topological polar surface area (TPSA) is 190 Å². The highest BCUT2D eigenvalue weighted by Gasteiger charge is 2.37. The Morgan fingerprint density at radius 1 is 0.786 bits per heavy atom. The highest BCUT2D eigenvalue weighted by molar-refractivity contribution is 5.87. The van der Waals surface area contributed by atoms with Crippen molar-refractivity contribution in [3.05, 3.63) is 138 Å². The number of ether oxygens (including phenoxy) is 1. The zero-order valence-electron chi connectivity index (χ0n) is 31.0. The molecular formula is C42H43N9O5. The first-order valence-electron chi connectivity index (χ1n) is 18.4. The molecular weight excluding hydrogens is 711 g/mol. The van der Waals surface area contributed by atoms with Gasteiger partial charge in [-0.05, 0) is 48.6 Å². The molecule has 14 heteroatoms. The van der Waals surface area contributed by atoms with Gasteiger partial charge in [0.1, 0.15) is 23.7 Å². The molecule has 56 heavy (non-hydrogen) atoms. The third-order valence-corrected chi connectivity index (χ3v) is 9.85. The van der Waals surface area contributed by atoms with Crippen molar-refractivity contribution in [1.29, 1.82) is 0 Å². The summed E-state index contributed by atoms with van der Waals surface area (Å²) in [4.78, 5) is 60.9. The number of likely N-dealkylation sites (tertiary alicyclic amines) is 1. The molecule has 14 nitrogen and oxygen atoms in total. The summed E-state index contributed by atoms with van der Waals surface area (Å²) in [6, 6.07) is 28.0. The van der Waals surface area contributed by atoms with Crippen molar-refractivity contribution in [2.24, 2.45) is 0 Å². The van der Waals surface area contributed by atoms with Crippen LogP contribution < -0.4 is 16.0 Å². The summed E-state index contributed by atoms with van der Waals surface area (Å²) >= 11 is 0. The van der Waals surface area contributed by atoms with Crippen molar-refractivity contribution < 1.29 is 24.2 Å². The average molecular weight is 754 g/mol. The number of nitrogens with one attached hydrogen (secondary N) is 5. The number of nitrogens with zero attached hydrogens (tertiary/aromatic N) is 4. The Morgan fingerprint density at radius 3 is 2.09 bits per heavy atom. The molecule has 286 valence electrons. The van der Waals surface area contributed by atoms with Gasteiger partial charge >= 0.3 is 6.09 Å². The summed E-state index contributed by atoms with van der Waals surface area (Å²) in [5, 5.41) is 18.0. The first-order chi connectivity index (χ1) is 27.3. The van der Waals surface area contributed by atoms with Gasteiger partial charge in [-0.15, -0.1) is 0 Å². The minimum absolute atomic E-state index is 0.188. The van der Waals surface area contributed by atoms with Gasteiger partial charge in [0, 0.05) is 31.0 Å². The Hall–Kier alpha value is -6.64. The van der Waals surface area contributed by atoms with Gasteiger partial charge in [0.2, 0.25) is 5.91 Å². The molecule has 4 atom stereocenters. The van der Waals surface area contributed by atoms with Crippen LogP contribution in [0.5, 0.6) is 0 Å². The number of imidazole rings is 2. The first kappa shape index (κ1) is 37.7. The lowest BCUT2D eigenvalue weighted by atomic mass is 10.1. The van der Waals surface area contributed by atoms with Gasteiger partial charge in [-0.1, -0.05) is 84.9 Å². The van der Waals surface area contributed by atoms with Crippen molar-refractivity contribution in [2.75, 3.05) is 20.4 Å². The molecule has 0 unspecified atom stereocenters. The van der Waals surface area contributed by atoms with Crippen molar-refractivity contribution in [3.8, 4) is 33.8 Å². The van der Waals surface area contributed by atoms with Crippen molar-refractivity contribution >= 4 is 17.9 Å². The van der Waals surface area contributed by atoms with Crippen LogP contribution in [0.15, 0.2) is 116 Å². The van der Waals surface area contributed by atoms with E-state index in [1.165, 1.54) is 0 Å². The number of carboxylic acid groups (broad SMARTS) is 1. The van der Waals surface area contributed by atoms with Gasteiger partial charge in [-0.3, -0.25) is 19.9 Å². The quantitative estimate of drug-likeness (QED) is 0.0692. The fraction of sp³-hybridized carbons (Fsp3) is 0.238. The van der Waals surface area contributed by atoms with E-state index in [1.807, 2.05) is 79.7 Å². The number of carbonyl (C=O) groups is 3. The van der Waals surface area contributed by atoms with Gasteiger partial charge in [0.25, 0.3) is 5.91 Å². The van der Waals surface area contributed by atoms with Crippen LogP contribution in [0.25, 0.3) is 33.8 Å². The number of rotatable bonds is 14. The van der Waals surface area contributed by atoms with E-state index in [0.29, 0.717) is 30.2 Å². The van der Waals surface area contributed by atoms with Gasteiger partial charge < -0.3 is 35.3 Å². The number of pyridine rings is 1. The third kappa shape index (κ3) is 8.51. The lowest BCUT2D eigenvalue weighted by molar-refractivity contribution is -0.134. The van der Waals surface area contributed by atoms with Crippen LogP contribution in [0.3, 0.4) is 0 Å². The van der Waals surface area contributed by atoms with Crippen LogP contribution in [0.4, 0.5) is 4.79 Å². The van der Waals surface area contributed by atoms with E-state index >= 15 is 0 Å². The average Bonchev–Trinajstić information content (AvgIpc) is 4.03. The molecule has 1 saturated heterocycles. The molecule has 0 bridgehead atoms. The van der Waals surface area contributed by atoms with E-state index in [0.717, 1.165) is 45.8 Å². The van der Waals surface area contributed by atoms with E-state index in [2.05, 4.69) is 35.9 Å². The molecule has 1 aliphatic rings. The minimum atomic E-state index is -1.26. The van der Waals surface area contributed by atoms with Crippen molar-refractivity contribution in [1.82, 2.24) is 45.8 Å². The molecule has 4 heterocycles. The predicted molar refractivity (Wildman–Crippen MR) is 210 cm³/mol. The Morgan fingerprint density at radius 2 is 1.43 bits per heavy atom. The number of methoxy groups -OCH3 is 1. The number of carbonyl (C=O) groups excluding carboxylic acids is 2. The lowest BCUT2D eigenvalue weighted by Gasteiger charge is -2.28. The van der Waals surface area contributed by atoms with E-state index in [-0.39, 0.29) is 30.6 Å². The van der Waals surface area contributed by atoms with E-state index in [4.69, 9.17) is 9.72 Å². The lowest BCUT2D eigenvalue weighted by Crippen LogP contribution is -2.42. The van der Waals surface area contributed by atoms with E-state index in [1.54, 1.807) is 54.9 Å². The molecule has 6 aromatic rings. The second-order valence-corrected chi connectivity index (χ2v) is 13.6. The SMILES string of the molecule is COCN[C@@H](C(=O)N[C@@H](C)c1ncc(-c2ccc(-c3ccc(-c4cnc([C@@H]5CCCN5C(=O)[C@H](NC(=O)O)c5ccccc5)[nH]4)cn3)cc2)[nH]1)c1ccccc1. The smallest absolute Gasteiger partial charge is 0.405 e. The van der Waals surface area contributed by atoms with Crippen LogP contribution >= 0.6 is 0 Å². The molecule has 1 fully saturated rings. The fourth-order valence-electron chi connectivity index (χ4n) is 6.98. The first-order valence-corrected chi connectivity index (χ1v) is 18.4. The zero-order chi connectivity index (χ0) is 39.0. The summed E-state index contributed by atoms with van der Waals surface area (Å²) in [7, 11) is 1.57. The van der Waals surface area contributed by atoms with Crippen LogP contribution in [0, 0.1) is 0 Å². The molecule has 3 aromatic heterocycles. The predicted octanol–water partition coefficient (Wildman–Crippen LogP) is 6.31. The maximum atomic E-state index is 13.7. The van der Waals surface area contributed by atoms with E-state index in [9.17, 15) is 19.5 Å². The molecule has 6 N–H and O–H groups in total. The highest BCUT2D eigenvalue weighted by Crippen LogP contribution is 2.34. The summed E-state index contributed by atoms with van der Waals surface area (Å²) in [6.45, 7) is 2.61. The third-order valence-electron chi connectivity index (χ3n) is 9.85. The summed E-state index contributed by atoms with van der Waals surface area (Å²) in [5.41, 5.74) is 6.50. The number of hydrogen-bond acceptors (Lipinski definition) is 8. The number of amides is 3. The molecule has 0 aliphatic carbocycles. The molecule has 3 aromatic carbocycles. The Bertz CT molecular complexity index is 2240. The van der Waals surface area contributed by atoms with Gasteiger partial charge in [0.15, 0.2) is 0 Å². The zero-order valence-corrected chi connectivity index (χ0v) is 31.0. The summed E-state index contributed by atoms with van der Waals surface area (Å²) < 4.78 is 5.15. The molecule has 0 radical (unpaired) electrons. The summed E-state index contributed by atoms with van der Waals surface area (Å²) in [5.74, 6) is 0.772. The fourth-order valence-corrected chi connectivity index (χ4v) is 6.98. The Kier molecular flexibility index (Phi) is 11.6. The van der Waals surface area contributed by atoms with Gasteiger partial charge in [-0.2, -0.15) is 0 Å². The summed E-state index contributed by atoms with van der Waals surface area (Å²) in [6.07, 6.45) is 5.49. The second-order valence-electron chi connectivity index (χ2n) is 13.6. The standard InChI is InChI=1S/C42H43N9O5/c1-26(47-40(52)36(46-25-56-2)29-10-5-3-6-11-29)38-44-23-33(48-38)28-17-15-27(16-18-28)32-20-19-31(22-43-32)34-24-45-39(49-34)35-14-9-21-51(35)41(53)37(50-42(54)55)30-12-7-4-8-13-30/h3-8,10-13,15-20,22-24,26,35-37,46,50H,9,14,21,25H2,1-2H3,(H,44,48)(H,45,49)(H,47,52)(H,54,55)/t26-,35-,36+,37+/m0/s1. The largest absolute Gasteiger partial charge is 0.465 e. The van der Waals surface area contributed by atoms with Crippen LogP contribution in [0.2, 0.25) is 0 Å². The maximum Gasteiger partial charge on any atom is 0.405 e. The number of hydrogen-bond donors (Lipinski definition) is 6. The highest BCUT2D eigenvalue weighted by atomic mass is 16.5. The normalized spacial score (nSPS) is 15.5. The van der Waals surface area contributed by atoms with Crippen LogP contribution in [0.1, 0.15) is 66.7 Å². The van der Waals surface area contributed by atoms with Crippen molar-refractivity contribution in [3.63, 3.8) is 0 Å². The molecule has 0 spiro atoms. The molecule has 3 amide bonds. The van der Waals surface area contributed by atoms with Gasteiger partial charge in [0.05, 0.1) is 48.3 Å². The van der Waals surface area contributed by atoms with Crippen LogP contribution in [-0.2, 0) is 14.3 Å². The monoisotopic (exact) mass is 753 g/mol. The number of H-pyrrole nitrogens is 2. The van der Waals surface area contributed by atoms with Crippen molar-refractivity contribution in [2.45, 2.75) is 43.9 Å². The molecule has 1 aliphatic heterocycles. The Balaban J connectivity index is 0.987. The number of aromatic amines is 2. The van der Waals surface area contributed by atoms with Gasteiger partial charge in [-0.25, -0.2) is 14.8 Å². The molecule has 7 rings (SSSR count). The second kappa shape index (κ2) is 17.2. The Labute approximate surface area is 323 Å².